The molecular weight excluding hydrogens is 484 g/mol. The summed E-state index contributed by atoms with van der Waals surface area (Å²) in [4.78, 5) is 42.3. The number of carboxylic acids is 1. The SMILES string of the molecule is CO[C@@]1(N=Cc2cc(C(C)(C)C)c(O)c3ccccc23)C(=O)N2C(C(=O)O)=C(COC(C)=O)CS[C@H]21. The van der Waals surface area contributed by atoms with Crippen molar-refractivity contribution in [1.82, 2.24) is 4.90 Å². The van der Waals surface area contributed by atoms with Crippen LogP contribution in [0.15, 0.2) is 46.6 Å². The van der Waals surface area contributed by atoms with Gasteiger partial charge in [0.05, 0.1) is 0 Å². The summed E-state index contributed by atoms with van der Waals surface area (Å²) in [5.41, 5.74) is -0.412. The maximum absolute atomic E-state index is 13.3. The highest BCUT2D eigenvalue weighted by atomic mass is 32.2. The number of nitrogens with zero attached hydrogens (tertiary/aromatic N) is 2. The van der Waals surface area contributed by atoms with Crippen molar-refractivity contribution in [2.75, 3.05) is 19.5 Å². The normalized spacial score (nSPS) is 22.1. The number of carbonyl (C=O) groups is 3. The Kier molecular flexibility index (Phi) is 6.61. The fourth-order valence-corrected chi connectivity index (χ4v) is 5.88. The lowest BCUT2D eigenvalue weighted by atomic mass is 9.83. The third-order valence-electron chi connectivity index (χ3n) is 6.30. The molecule has 1 fully saturated rings. The maximum atomic E-state index is 13.3. The third-order valence-corrected chi connectivity index (χ3v) is 7.66. The first-order valence-corrected chi connectivity index (χ1v) is 12.4. The van der Waals surface area contributed by atoms with Crippen molar-refractivity contribution in [3.05, 3.63) is 52.7 Å². The lowest BCUT2D eigenvalue weighted by molar-refractivity contribution is -0.182. The Morgan fingerprint density at radius 3 is 2.53 bits per heavy atom. The van der Waals surface area contributed by atoms with Crippen LogP contribution in [0.1, 0.15) is 38.8 Å². The van der Waals surface area contributed by atoms with Gasteiger partial charge in [-0.25, -0.2) is 9.79 Å². The van der Waals surface area contributed by atoms with Crippen molar-refractivity contribution in [2.24, 2.45) is 4.99 Å². The van der Waals surface area contributed by atoms with Crippen LogP contribution in [-0.4, -0.2) is 69.7 Å². The minimum atomic E-state index is -1.61. The van der Waals surface area contributed by atoms with E-state index in [1.165, 1.54) is 25.8 Å². The standard InChI is InChI=1S/C26H28N2O7S/c1-14(29)35-12-16-13-36-24-26(34-5,23(33)28(24)20(16)22(31)32)27-11-15-10-19(25(2,3)4)21(30)18-9-7-6-8-17(15)18/h6-11,24,30H,12-13H2,1-5H3,(H,31,32)/t24-,26-/m0/s1. The van der Waals surface area contributed by atoms with Crippen molar-refractivity contribution in [2.45, 2.75) is 44.2 Å². The number of carboxylic acid groups (broad SMARTS) is 1. The second-order valence-corrected chi connectivity index (χ2v) is 10.8. The van der Waals surface area contributed by atoms with Crippen LogP contribution in [0.5, 0.6) is 5.75 Å². The number of rotatable bonds is 6. The van der Waals surface area contributed by atoms with Gasteiger partial charge in [0.15, 0.2) is 0 Å². The van der Waals surface area contributed by atoms with Gasteiger partial charge < -0.3 is 19.7 Å². The molecule has 4 rings (SSSR count). The van der Waals surface area contributed by atoms with Gasteiger partial charge in [-0.15, -0.1) is 11.8 Å². The number of thioether (sulfide) groups is 1. The van der Waals surface area contributed by atoms with Gasteiger partial charge in [-0.05, 0) is 16.9 Å². The molecular formula is C26H28N2O7S. The molecule has 9 nitrogen and oxygen atoms in total. The topological polar surface area (TPSA) is 126 Å². The van der Waals surface area contributed by atoms with E-state index >= 15 is 0 Å². The molecule has 0 unspecified atom stereocenters. The zero-order valence-electron chi connectivity index (χ0n) is 20.7. The number of phenolic OH excluding ortho intramolecular Hbond substituents is 1. The van der Waals surface area contributed by atoms with Gasteiger partial charge in [0.25, 0.3) is 11.6 Å². The van der Waals surface area contributed by atoms with E-state index < -0.39 is 28.9 Å². The molecule has 0 saturated carbocycles. The molecule has 36 heavy (non-hydrogen) atoms. The number of hydrogen-bond acceptors (Lipinski definition) is 8. The number of esters is 1. The Morgan fingerprint density at radius 2 is 1.94 bits per heavy atom. The van der Waals surface area contributed by atoms with E-state index in [4.69, 9.17) is 9.47 Å². The van der Waals surface area contributed by atoms with E-state index in [2.05, 4.69) is 4.99 Å². The molecule has 2 atom stereocenters. The van der Waals surface area contributed by atoms with Crippen LogP contribution in [0.4, 0.5) is 0 Å². The molecule has 2 aromatic rings. The van der Waals surface area contributed by atoms with E-state index in [1.54, 1.807) is 6.21 Å². The Morgan fingerprint density at radius 1 is 1.28 bits per heavy atom. The predicted octanol–water partition coefficient (Wildman–Crippen LogP) is 3.42. The Balaban J connectivity index is 1.75. The van der Waals surface area contributed by atoms with E-state index in [-0.39, 0.29) is 29.2 Å². The van der Waals surface area contributed by atoms with Gasteiger partial charge in [-0.1, -0.05) is 45.0 Å². The number of fused-ring (bicyclic) bond motifs is 2. The number of methoxy groups -OCH3 is 1. The van der Waals surface area contributed by atoms with Crippen LogP contribution in [0, 0.1) is 0 Å². The first-order valence-electron chi connectivity index (χ1n) is 11.3. The first kappa shape index (κ1) is 25.7. The Labute approximate surface area is 212 Å². The monoisotopic (exact) mass is 512 g/mol. The zero-order valence-corrected chi connectivity index (χ0v) is 21.5. The second-order valence-electron chi connectivity index (χ2n) is 9.69. The van der Waals surface area contributed by atoms with Crippen LogP contribution in [0.3, 0.4) is 0 Å². The maximum Gasteiger partial charge on any atom is 0.352 e. The number of phenols is 1. The van der Waals surface area contributed by atoms with Crippen molar-refractivity contribution in [3.8, 4) is 5.75 Å². The zero-order chi connectivity index (χ0) is 26.4. The molecule has 0 bridgehead atoms. The first-order chi connectivity index (χ1) is 16.9. The molecule has 0 radical (unpaired) electrons. The Hall–Kier alpha value is -3.37. The average molecular weight is 513 g/mol. The fourth-order valence-electron chi connectivity index (χ4n) is 4.46. The van der Waals surface area contributed by atoms with Crippen molar-refractivity contribution in [3.63, 3.8) is 0 Å². The summed E-state index contributed by atoms with van der Waals surface area (Å²) in [6.07, 6.45) is 1.55. The highest BCUT2D eigenvalue weighted by Crippen LogP contribution is 2.49. The van der Waals surface area contributed by atoms with Crippen LogP contribution in [0.25, 0.3) is 10.8 Å². The molecule has 2 aromatic carbocycles. The average Bonchev–Trinajstić information content (AvgIpc) is 2.82. The number of aliphatic carboxylic acids is 1. The number of aliphatic imine (C=N–C) groups is 1. The van der Waals surface area contributed by atoms with E-state index in [9.17, 15) is 24.6 Å². The number of hydrogen-bond donors (Lipinski definition) is 2. The number of amides is 1. The molecule has 2 heterocycles. The van der Waals surface area contributed by atoms with E-state index in [0.29, 0.717) is 16.5 Å². The molecule has 2 N–H and O–H groups in total. The van der Waals surface area contributed by atoms with Gasteiger partial charge in [-0.3, -0.25) is 14.5 Å². The minimum Gasteiger partial charge on any atom is -0.507 e. The molecule has 0 aliphatic carbocycles. The molecule has 2 aliphatic heterocycles. The molecule has 1 saturated heterocycles. The quantitative estimate of drug-likeness (QED) is 0.343. The summed E-state index contributed by atoms with van der Waals surface area (Å²) < 4.78 is 10.6. The lowest BCUT2D eigenvalue weighted by Gasteiger charge is -2.53. The van der Waals surface area contributed by atoms with Crippen LogP contribution in [-0.2, 0) is 29.3 Å². The smallest absolute Gasteiger partial charge is 0.352 e. The summed E-state index contributed by atoms with van der Waals surface area (Å²) in [5, 5.41) is 21.4. The Bertz CT molecular complexity index is 1330. The number of benzene rings is 2. The minimum absolute atomic E-state index is 0.196. The number of ether oxygens (including phenoxy) is 2. The third kappa shape index (κ3) is 4.14. The van der Waals surface area contributed by atoms with Crippen LogP contribution in [0.2, 0.25) is 0 Å². The summed E-state index contributed by atoms with van der Waals surface area (Å²) in [7, 11) is 1.36. The van der Waals surface area contributed by atoms with Gasteiger partial charge in [0, 0.05) is 48.1 Å². The van der Waals surface area contributed by atoms with Crippen LogP contribution < -0.4 is 0 Å². The van der Waals surface area contributed by atoms with Gasteiger partial charge >= 0.3 is 11.9 Å². The van der Waals surface area contributed by atoms with Crippen molar-refractivity contribution < 1.29 is 34.1 Å². The molecule has 10 heteroatoms. The highest BCUT2D eigenvalue weighted by Gasteiger charge is 2.66. The molecule has 0 aromatic heterocycles. The van der Waals surface area contributed by atoms with Crippen molar-refractivity contribution >= 4 is 46.6 Å². The molecule has 1 amide bonds. The van der Waals surface area contributed by atoms with Crippen LogP contribution >= 0.6 is 11.8 Å². The van der Waals surface area contributed by atoms with Gasteiger partial charge in [0.1, 0.15) is 23.4 Å². The largest absolute Gasteiger partial charge is 0.507 e. The molecule has 0 spiro atoms. The lowest BCUT2D eigenvalue weighted by Crippen LogP contribution is -2.73. The predicted molar refractivity (Wildman–Crippen MR) is 136 cm³/mol. The second kappa shape index (κ2) is 9.25. The van der Waals surface area contributed by atoms with Gasteiger partial charge in [0.2, 0.25) is 0 Å². The van der Waals surface area contributed by atoms with Gasteiger partial charge in [-0.2, -0.15) is 0 Å². The summed E-state index contributed by atoms with van der Waals surface area (Å²) >= 11 is 1.29. The molecule has 2 aliphatic rings. The van der Waals surface area contributed by atoms with Crippen molar-refractivity contribution in [1.29, 1.82) is 0 Å². The fraction of sp³-hybridized carbons (Fsp3) is 0.385. The number of β-lactam (4-membered cyclic amide) rings is 1. The summed E-state index contributed by atoms with van der Waals surface area (Å²) in [6, 6.07) is 9.22. The number of aromatic hydroxyl groups is 1. The summed E-state index contributed by atoms with van der Waals surface area (Å²) in [6.45, 7) is 7.00. The molecule has 190 valence electrons. The number of carbonyl (C=O) groups excluding carboxylic acids is 2. The highest BCUT2D eigenvalue weighted by molar-refractivity contribution is 8.00. The van der Waals surface area contributed by atoms with E-state index in [0.717, 1.165) is 15.8 Å². The van der Waals surface area contributed by atoms with E-state index in [1.807, 2.05) is 51.1 Å². The summed E-state index contributed by atoms with van der Waals surface area (Å²) in [5.74, 6) is -2.01.